The largest absolute Gasteiger partial charge is 0.477 e. The molecule has 100 valence electrons. The quantitative estimate of drug-likeness (QED) is 0.910. The number of aromatic carboxylic acids is 1. The molecule has 19 heavy (non-hydrogen) atoms. The van der Waals surface area contributed by atoms with Crippen molar-refractivity contribution in [1.82, 2.24) is 4.98 Å². The molecule has 1 aromatic carbocycles. The summed E-state index contributed by atoms with van der Waals surface area (Å²) in [5.41, 5.74) is 2.92. The van der Waals surface area contributed by atoms with E-state index in [4.69, 9.17) is 5.11 Å². The van der Waals surface area contributed by atoms with Crippen LogP contribution in [0.2, 0.25) is 0 Å². The van der Waals surface area contributed by atoms with Gasteiger partial charge in [0, 0.05) is 5.56 Å². The van der Waals surface area contributed by atoms with Crippen molar-refractivity contribution in [1.29, 1.82) is 0 Å². The van der Waals surface area contributed by atoms with Gasteiger partial charge in [-0.1, -0.05) is 45.0 Å². The van der Waals surface area contributed by atoms with E-state index in [0.717, 1.165) is 10.6 Å². The van der Waals surface area contributed by atoms with Crippen molar-refractivity contribution in [3.8, 4) is 10.6 Å². The number of aromatic nitrogens is 1. The summed E-state index contributed by atoms with van der Waals surface area (Å²) in [6, 6.07) is 8.18. The van der Waals surface area contributed by atoms with Gasteiger partial charge in [0.1, 0.15) is 9.88 Å². The van der Waals surface area contributed by atoms with E-state index in [0.29, 0.717) is 22.9 Å². The molecule has 0 aliphatic carbocycles. The molecule has 0 aliphatic rings. The van der Waals surface area contributed by atoms with E-state index in [2.05, 4.69) is 31.0 Å². The number of aryl methyl sites for hydroxylation is 1. The predicted molar refractivity (Wildman–Crippen MR) is 78.0 cm³/mol. The van der Waals surface area contributed by atoms with Crippen molar-refractivity contribution in [3.05, 3.63) is 40.4 Å². The van der Waals surface area contributed by atoms with Gasteiger partial charge in [0.05, 0.1) is 5.69 Å². The van der Waals surface area contributed by atoms with Crippen LogP contribution in [0, 0.1) is 0 Å². The van der Waals surface area contributed by atoms with E-state index in [1.807, 2.05) is 19.1 Å². The zero-order chi connectivity index (χ0) is 14.0. The lowest BCUT2D eigenvalue weighted by Crippen LogP contribution is -1.97. The third-order valence-electron chi connectivity index (χ3n) is 3.05. The zero-order valence-corrected chi connectivity index (χ0v) is 12.1. The monoisotopic (exact) mass is 275 g/mol. The average molecular weight is 275 g/mol. The smallest absolute Gasteiger partial charge is 0.347 e. The lowest BCUT2D eigenvalue weighted by molar-refractivity contribution is 0.0701. The van der Waals surface area contributed by atoms with E-state index in [9.17, 15) is 4.79 Å². The Labute approximate surface area is 116 Å². The molecule has 0 atom stereocenters. The fourth-order valence-corrected chi connectivity index (χ4v) is 2.89. The Hall–Kier alpha value is -1.68. The van der Waals surface area contributed by atoms with Gasteiger partial charge >= 0.3 is 5.97 Å². The molecule has 2 rings (SSSR count). The highest BCUT2D eigenvalue weighted by atomic mass is 32.1. The average Bonchev–Trinajstić information content (AvgIpc) is 2.83. The number of nitrogens with zero attached hydrogens (tertiary/aromatic N) is 1. The second-order valence-corrected chi connectivity index (χ2v) is 5.73. The highest BCUT2D eigenvalue weighted by Gasteiger charge is 2.16. The Morgan fingerprint density at radius 3 is 2.37 bits per heavy atom. The van der Waals surface area contributed by atoms with Crippen molar-refractivity contribution in [2.45, 2.75) is 33.1 Å². The van der Waals surface area contributed by atoms with Gasteiger partial charge in [0.15, 0.2) is 0 Å². The van der Waals surface area contributed by atoms with E-state index in [-0.39, 0.29) is 0 Å². The molecule has 0 amide bonds. The Morgan fingerprint density at radius 2 is 1.95 bits per heavy atom. The van der Waals surface area contributed by atoms with Crippen LogP contribution < -0.4 is 0 Å². The van der Waals surface area contributed by atoms with Crippen LogP contribution in [-0.2, 0) is 6.42 Å². The molecule has 0 aliphatic heterocycles. The van der Waals surface area contributed by atoms with E-state index in [1.54, 1.807) is 0 Å². The van der Waals surface area contributed by atoms with Crippen LogP contribution >= 0.6 is 11.3 Å². The summed E-state index contributed by atoms with van der Waals surface area (Å²) in [6.45, 7) is 6.22. The maximum atomic E-state index is 11.1. The first kappa shape index (κ1) is 13.7. The SMILES string of the molecule is CCc1nc(-c2ccc(C(C)C)cc2)sc1C(=O)O. The van der Waals surface area contributed by atoms with Crippen molar-refractivity contribution < 1.29 is 9.90 Å². The van der Waals surface area contributed by atoms with E-state index >= 15 is 0 Å². The third kappa shape index (κ3) is 2.84. The first-order valence-corrected chi connectivity index (χ1v) is 7.18. The summed E-state index contributed by atoms with van der Waals surface area (Å²) >= 11 is 1.25. The lowest BCUT2D eigenvalue weighted by atomic mass is 10.0. The number of carboxylic acids is 1. The summed E-state index contributed by atoms with van der Waals surface area (Å²) in [5.74, 6) is -0.398. The van der Waals surface area contributed by atoms with Crippen molar-refractivity contribution >= 4 is 17.3 Å². The van der Waals surface area contributed by atoms with Crippen LogP contribution in [0.3, 0.4) is 0 Å². The van der Waals surface area contributed by atoms with Gasteiger partial charge in [0.25, 0.3) is 0 Å². The molecule has 2 aromatic rings. The maximum absolute atomic E-state index is 11.1. The van der Waals surface area contributed by atoms with Gasteiger partial charge in [-0.05, 0) is 17.9 Å². The molecule has 4 heteroatoms. The molecule has 0 saturated heterocycles. The van der Waals surface area contributed by atoms with Crippen LogP contribution in [0.15, 0.2) is 24.3 Å². The van der Waals surface area contributed by atoms with Gasteiger partial charge in [-0.3, -0.25) is 0 Å². The molecule has 1 N–H and O–H groups in total. The lowest BCUT2D eigenvalue weighted by Gasteiger charge is -2.05. The molecule has 0 radical (unpaired) electrons. The number of rotatable bonds is 4. The Bertz CT molecular complexity index is 585. The second kappa shape index (κ2) is 5.53. The summed E-state index contributed by atoms with van der Waals surface area (Å²) in [5, 5.41) is 9.93. The van der Waals surface area contributed by atoms with Crippen molar-refractivity contribution in [2.24, 2.45) is 0 Å². The van der Waals surface area contributed by atoms with Gasteiger partial charge in [-0.2, -0.15) is 0 Å². The van der Waals surface area contributed by atoms with Crippen LogP contribution in [0.25, 0.3) is 10.6 Å². The molecular formula is C15H17NO2S. The van der Waals surface area contributed by atoms with Gasteiger partial charge < -0.3 is 5.11 Å². The highest BCUT2D eigenvalue weighted by Crippen LogP contribution is 2.29. The van der Waals surface area contributed by atoms with Crippen molar-refractivity contribution in [2.75, 3.05) is 0 Å². The van der Waals surface area contributed by atoms with Crippen LogP contribution in [0.5, 0.6) is 0 Å². The zero-order valence-electron chi connectivity index (χ0n) is 11.3. The topological polar surface area (TPSA) is 50.2 Å². The Balaban J connectivity index is 2.39. The van der Waals surface area contributed by atoms with E-state index in [1.165, 1.54) is 16.9 Å². The van der Waals surface area contributed by atoms with E-state index < -0.39 is 5.97 Å². The first-order valence-electron chi connectivity index (χ1n) is 6.36. The minimum Gasteiger partial charge on any atom is -0.477 e. The Morgan fingerprint density at radius 1 is 1.32 bits per heavy atom. The minimum atomic E-state index is -0.889. The van der Waals surface area contributed by atoms with Gasteiger partial charge in [0.2, 0.25) is 0 Å². The summed E-state index contributed by atoms with van der Waals surface area (Å²) in [6.07, 6.45) is 0.641. The summed E-state index contributed by atoms with van der Waals surface area (Å²) in [4.78, 5) is 15.9. The summed E-state index contributed by atoms with van der Waals surface area (Å²) < 4.78 is 0. The number of carbonyl (C=O) groups is 1. The molecule has 0 unspecified atom stereocenters. The van der Waals surface area contributed by atoms with Gasteiger partial charge in [-0.15, -0.1) is 11.3 Å². The van der Waals surface area contributed by atoms with Crippen LogP contribution in [0.1, 0.15) is 47.6 Å². The second-order valence-electron chi connectivity index (χ2n) is 4.73. The molecule has 0 fully saturated rings. The first-order chi connectivity index (χ1) is 9.02. The predicted octanol–water partition coefficient (Wildman–Crippen LogP) is 4.19. The number of thiazole rings is 1. The molecule has 1 aromatic heterocycles. The molecule has 0 saturated carbocycles. The molecule has 0 bridgehead atoms. The number of hydrogen-bond donors (Lipinski definition) is 1. The minimum absolute atomic E-state index is 0.352. The molecular weight excluding hydrogens is 258 g/mol. The molecule has 1 heterocycles. The molecule has 3 nitrogen and oxygen atoms in total. The fraction of sp³-hybridized carbons (Fsp3) is 0.333. The number of hydrogen-bond acceptors (Lipinski definition) is 3. The normalized spacial score (nSPS) is 10.9. The highest BCUT2D eigenvalue weighted by molar-refractivity contribution is 7.17. The third-order valence-corrected chi connectivity index (χ3v) is 4.19. The van der Waals surface area contributed by atoms with Crippen molar-refractivity contribution in [3.63, 3.8) is 0 Å². The van der Waals surface area contributed by atoms with Crippen LogP contribution in [0.4, 0.5) is 0 Å². The standard InChI is InChI=1S/C15H17NO2S/c1-4-12-13(15(17)18)19-14(16-12)11-7-5-10(6-8-11)9(2)3/h5-9H,4H2,1-3H3,(H,17,18). The Kier molecular flexibility index (Phi) is 4.00. The van der Waals surface area contributed by atoms with Gasteiger partial charge in [-0.25, -0.2) is 9.78 Å². The molecule has 0 spiro atoms. The number of benzene rings is 1. The maximum Gasteiger partial charge on any atom is 0.347 e. The van der Waals surface area contributed by atoms with Crippen LogP contribution in [-0.4, -0.2) is 16.1 Å². The number of carboxylic acid groups (broad SMARTS) is 1. The fourth-order valence-electron chi connectivity index (χ4n) is 1.89. The summed E-state index contributed by atoms with van der Waals surface area (Å²) in [7, 11) is 0.